The molecule has 2 aromatic carbocycles. The maximum Gasteiger partial charge on any atom is 0.407 e. The summed E-state index contributed by atoms with van der Waals surface area (Å²) in [5.41, 5.74) is 2.03. The Morgan fingerprint density at radius 3 is 1.98 bits per heavy atom. The van der Waals surface area contributed by atoms with Crippen molar-refractivity contribution in [3.8, 4) is 0 Å². The van der Waals surface area contributed by atoms with Gasteiger partial charge in [-0.2, -0.15) is 0 Å². The normalized spacial score (nSPS) is 15.0. The summed E-state index contributed by atoms with van der Waals surface area (Å²) >= 11 is 0. The molecule has 2 rings (SSSR count). The molecule has 8 nitrogen and oxygen atoms in total. The van der Waals surface area contributed by atoms with Gasteiger partial charge in [0.2, 0.25) is 11.8 Å². The maximum absolute atomic E-state index is 13.4. The van der Waals surface area contributed by atoms with E-state index in [4.69, 9.17) is 4.74 Å². The Hall–Kier alpha value is -3.23. The second-order valence-corrected chi connectivity index (χ2v) is 12.0. The SMILES string of the molecule is CC[C@H](C)[C@H](NCCc1ccccc1)C(=O)NC(=O)[C@@H](C[C@H](O)[C@H](CC(C)C)NC(=O)OCc1ccccc1)C(C)C. The summed E-state index contributed by atoms with van der Waals surface area (Å²) in [6.45, 7) is 12.5. The summed E-state index contributed by atoms with van der Waals surface area (Å²) in [5.74, 6) is -1.32. The molecule has 5 atom stereocenters. The van der Waals surface area contributed by atoms with E-state index in [-0.39, 0.29) is 36.7 Å². The third kappa shape index (κ3) is 12.3. The van der Waals surface area contributed by atoms with E-state index in [0.29, 0.717) is 13.0 Å². The number of carbonyl (C=O) groups excluding carboxylic acids is 3. The molecule has 232 valence electrons. The van der Waals surface area contributed by atoms with Crippen molar-refractivity contribution in [1.82, 2.24) is 16.0 Å². The van der Waals surface area contributed by atoms with Crippen molar-refractivity contribution in [3.05, 3.63) is 71.8 Å². The van der Waals surface area contributed by atoms with E-state index in [0.717, 1.165) is 18.4 Å². The molecule has 42 heavy (non-hydrogen) atoms. The minimum Gasteiger partial charge on any atom is -0.445 e. The number of carbonyl (C=O) groups is 3. The van der Waals surface area contributed by atoms with Crippen LogP contribution in [0, 0.1) is 23.7 Å². The molecule has 0 unspecified atom stereocenters. The smallest absolute Gasteiger partial charge is 0.407 e. The van der Waals surface area contributed by atoms with Crippen LogP contribution >= 0.6 is 0 Å². The lowest BCUT2D eigenvalue weighted by atomic mass is 9.85. The van der Waals surface area contributed by atoms with Crippen LogP contribution in [0.1, 0.15) is 71.9 Å². The molecule has 4 N–H and O–H groups in total. The molecule has 3 amide bonds. The molecule has 2 aromatic rings. The van der Waals surface area contributed by atoms with Crippen molar-refractivity contribution in [2.75, 3.05) is 6.54 Å². The van der Waals surface area contributed by atoms with Crippen molar-refractivity contribution < 1.29 is 24.2 Å². The van der Waals surface area contributed by atoms with Gasteiger partial charge in [-0.1, -0.05) is 109 Å². The Labute approximate surface area is 252 Å². The Bertz CT molecular complexity index is 1080. The average Bonchev–Trinajstić information content (AvgIpc) is 2.96. The van der Waals surface area contributed by atoms with E-state index < -0.39 is 36.1 Å². The van der Waals surface area contributed by atoms with Gasteiger partial charge in [0.25, 0.3) is 0 Å². The van der Waals surface area contributed by atoms with Gasteiger partial charge in [-0.05, 0) is 54.7 Å². The molecule has 0 aromatic heterocycles. The minimum atomic E-state index is -1.00. The number of imide groups is 1. The van der Waals surface area contributed by atoms with Gasteiger partial charge in [-0.25, -0.2) is 4.79 Å². The van der Waals surface area contributed by atoms with Gasteiger partial charge in [0.1, 0.15) is 6.61 Å². The van der Waals surface area contributed by atoms with E-state index in [1.54, 1.807) is 0 Å². The third-order valence-corrected chi connectivity index (χ3v) is 7.71. The lowest BCUT2D eigenvalue weighted by Gasteiger charge is -2.30. The topological polar surface area (TPSA) is 117 Å². The van der Waals surface area contributed by atoms with Crippen molar-refractivity contribution in [2.45, 2.75) is 92.0 Å². The Kier molecular flexibility index (Phi) is 15.3. The first-order chi connectivity index (χ1) is 20.0. The number of hydrogen-bond donors (Lipinski definition) is 4. The van der Waals surface area contributed by atoms with Gasteiger partial charge in [0.05, 0.1) is 18.2 Å². The van der Waals surface area contributed by atoms with Crippen molar-refractivity contribution >= 4 is 17.9 Å². The van der Waals surface area contributed by atoms with E-state index in [1.807, 2.05) is 102 Å². The number of aliphatic hydroxyl groups excluding tert-OH is 1. The molecule has 0 fully saturated rings. The fourth-order valence-corrected chi connectivity index (χ4v) is 4.94. The Morgan fingerprint density at radius 2 is 1.43 bits per heavy atom. The molecule has 0 aliphatic rings. The van der Waals surface area contributed by atoms with E-state index >= 15 is 0 Å². The lowest BCUT2D eigenvalue weighted by Crippen LogP contribution is -2.52. The largest absolute Gasteiger partial charge is 0.445 e. The third-order valence-electron chi connectivity index (χ3n) is 7.71. The summed E-state index contributed by atoms with van der Waals surface area (Å²) < 4.78 is 5.37. The highest BCUT2D eigenvalue weighted by molar-refractivity contribution is 5.98. The molecule has 0 heterocycles. The summed E-state index contributed by atoms with van der Waals surface area (Å²) in [6, 6.07) is 18.3. The quantitative estimate of drug-likeness (QED) is 0.203. The molecule has 0 radical (unpaired) electrons. The molecule has 0 aliphatic carbocycles. The predicted octanol–water partition coefficient (Wildman–Crippen LogP) is 5.24. The number of amides is 3. The summed E-state index contributed by atoms with van der Waals surface area (Å²) in [5, 5.41) is 20.0. The van der Waals surface area contributed by atoms with Crippen LogP contribution < -0.4 is 16.0 Å². The number of ether oxygens (including phenoxy) is 1. The highest BCUT2D eigenvalue weighted by Gasteiger charge is 2.33. The molecule has 0 spiro atoms. The Morgan fingerprint density at radius 1 is 0.833 bits per heavy atom. The molecular formula is C34H51N3O5. The molecule has 0 bridgehead atoms. The Balaban J connectivity index is 2.01. The number of rotatable bonds is 17. The standard InChI is InChI=1S/C34H51N3O5/c1-7-25(6)31(35-19-18-26-14-10-8-11-15-26)33(40)37-32(39)28(24(4)5)21-30(38)29(20-23(2)3)36-34(41)42-22-27-16-12-9-13-17-27/h8-17,23-25,28-31,35,38H,7,18-22H2,1-6H3,(H,36,41)(H,37,39,40)/t25-,28-,29-,30-,31-/m0/s1. The molecule has 0 aliphatic heterocycles. The highest BCUT2D eigenvalue weighted by atomic mass is 16.5. The van der Waals surface area contributed by atoms with Crippen LogP contribution in [0.15, 0.2) is 60.7 Å². The fraction of sp³-hybridized carbons (Fsp3) is 0.559. The molecule has 0 saturated heterocycles. The fourth-order valence-electron chi connectivity index (χ4n) is 4.94. The number of hydrogen-bond acceptors (Lipinski definition) is 6. The maximum atomic E-state index is 13.4. The van der Waals surface area contributed by atoms with E-state index in [2.05, 4.69) is 16.0 Å². The average molecular weight is 582 g/mol. The predicted molar refractivity (Wildman–Crippen MR) is 166 cm³/mol. The van der Waals surface area contributed by atoms with E-state index in [1.165, 1.54) is 5.56 Å². The zero-order valence-electron chi connectivity index (χ0n) is 26.1. The van der Waals surface area contributed by atoms with Gasteiger partial charge < -0.3 is 20.5 Å². The van der Waals surface area contributed by atoms with Gasteiger partial charge in [0, 0.05) is 5.92 Å². The van der Waals surface area contributed by atoms with Crippen molar-refractivity contribution in [2.24, 2.45) is 23.7 Å². The number of aliphatic hydroxyl groups is 1. The van der Waals surface area contributed by atoms with Crippen LogP contribution in [0.5, 0.6) is 0 Å². The van der Waals surface area contributed by atoms with Gasteiger partial charge in [-0.3, -0.25) is 14.9 Å². The lowest BCUT2D eigenvalue weighted by molar-refractivity contribution is -0.136. The molecule has 0 saturated carbocycles. The molecular weight excluding hydrogens is 530 g/mol. The number of nitrogens with one attached hydrogen (secondary N) is 3. The summed E-state index contributed by atoms with van der Waals surface area (Å²) in [7, 11) is 0. The van der Waals surface area contributed by atoms with Gasteiger partial charge >= 0.3 is 6.09 Å². The second-order valence-electron chi connectivity index (χ2n) is 12.0. The first-order valence-corrected chi connectivity index (χ1v) is 15.3. The van der Waals surface area contributed by atoms with Crippen molar-refractivity contribution in [3.63, 3.8) is 0 Å². The second kappa shape index (κ2) is 18.3. The van der Waals surface area contributed by atoms with Crippen LogP contribution in [-0.4, -0.2) is 47.7 Å². The van der Waals surface area contributed by atoms with Crippen LogP contribution in [0.25, 0.3) is 0 Å². The van der Waals surface area contributed by atoms with Crippen molar-refractivity contribution in [1.29, 1.82) is 0 Å². The monoisotopic (exact) mass is 581 g/mol. The van der Waals surface area contributed by atoms with Crippen LogP contribution in [-0.2, 0) is 27.4 Å². The first-order valence-electron chi connectivity index (χ1n) is 15.3. The summed E-state index contributed by atoms with van der Waals surface area (Å²) in [4.78, 5) is 39.3. The summed E-state index contributed by atoms with van der Waals surface area (Å²) in [6.07, 6.45) is 0.534. The van der Waals surface area contributed by atoms with Gasteiger partial charge in [0.15, 0.2) is 0 Å². The van der Waals surface area contributed by atoms with Crippen LogP contribution in [0.3, 0.4) is 0 Å². The minimum absolute atomic E-state index is 0.0261. The first kappa shape index (κ1) is 35.0. The highest BCUT2D eigenvalue weighted by Crippen LogP contribution is 2.22. The molecule has 8 heteroatoms. The van der Waals surface area contributed by atoms with E-state index in [9.17, 15) is 19.5 Å². The van der Waals surface area contributed by atoms with Gasteiger partial charge in [-0.15, -0.1) is 0 Å². The number of benzene rings is 2. The zero-order valence-corrected chi connectivity index (χ0v) is 26.1. The van der Waals surface area contributed by atoms with Crippen LogP contribution in [0.4, 0.5) is 4.79 Å². The van der Waals surface area contributed by atoms with Crippen LogP contribution in [0.2, 0.25) is 0 Å². The zero-order chi connectivity index (χ0) is 31.1. The number of alkyl carbamates (subject to hydrolysis) is 1.